The van der Waals surface area contributed by atoms with E-state index in [0.717, 1.165) is 18.8 Å². The first-order valence-corrected chi connectivity index (χ1v) is 7.84. The Balaban J connectivity index is 1.86. The van der Waals surface area contributed by atoms with Crippen molar-refractivity contribution in [3.63, 3.8) is 0 Å². The number of likely N-dealkylation sites (N-methyl/N-ethyl adjacent to an activating group) is 1. The third-order valence-electron chi connectivity index (χ3n) is 3.72. The summed E-state index contributed by atoms with van der Waals surface area (Å²) in [7, 11) is 7.93. The molecule has 0 saturated heterocycles. The summed E-state index contributed by atoms with van der Waals surface area (Å²) in [5, 5.41) is 0. The van der Waals surface area contributed by atoms with Crippen LogP contribution < -0.4 is 9.64 Å². The number of rotatable bonds is 7. The van der Waals surface area contributed by atoms with Gasteiger partial charge in [0.25, 0.3) is 0 Å². The quantitative estimate of drug-likeness (QED) is 0.771. The first kappa shape index (κ1) is 17.1. The Kier molecular flexibility index (Phi) is 6.24. The summed E-state index contributed by atoms with van der Waals surface area (Å²) in [4.78, 5) is 4.38. The van der Waals surface area contributed by atoms with Gasteiger partial charge in [-0.1, -0.05) is 36.4 Å². The maximum absolute atomic E-state index is 5.27. The topological polar surface area (TPSA) is 15.7 Å². The number of hydrogen-bond acceptors (Lipinski definition) is 3. The predicted molar refractivity (Wildman–Crippen MR) is 99.1 cm³/mol. The fourth-order valence-corrected chi connectivity index (χ4v) is 2.40. The molecule has 0 N–H and O–H groups in total. The van der Waals surface area contributed by atoms with Crippen molar-refractivity contribution < 1.29 is 4.74 Å². The SMILES string of the molecule is COc1cccc(CN(C)C/C=C/c2ccc(N(C)C)cc2)c1. The van der Waals surface area contributed by atoms with Crippen LogP contribution >= 0.6 is 0 Å². The normalized spacial score (nSPS) is 11.2. The lowest BCUT2D eigenvalue weighted by molar-refractivity contribution is 0.362. The Morgan fingerprint density at radius 2 is 1.74 bits per heavy atom. The highest BCUT2D eigenvalue weighted by molar-refractivity contribution is 5.55. The maximum Gasteiger partial charge on any atom is 0.119 e. The molecular formula is C20H26N2O. The highest BCUT2D eigenvalue weighted by Crippen LogP contribution is 2.15. The van der Waals surface area contributed by atoms with Gasteiger partial charge in [0.1, 0.15) is 5.75 Å². The van der Waals surface area contributed by atoms with Crippen LogP contribution in [-0.4, -0.2) is 39.7 Å². The molecule has 2 rings (SSSR count). The van der Waals surface area contributed by atoms with E-state index in [1.807, 2.05) is 12.1 Å². The fraction of sp³-hybridized carbons (Fsp3) is 0.300. The van der Waals surface area contributed by atoms with E-state index in [0.29, 0.717) is 0 Å². The molecule has 0 aliphatic carbocycles. The minimum Gasteiger partial charge on any atom is -0.497 e. The second-order valence-corrected chi connectivity index (χ2v) is 5.94. The zero-order valence-electron chi connectivity index (χ0n) is 14.5. The van der Waals surface area contributed by atoms with Gasteiger partial charge in [0.2, 0.25) is 0 Å². The molecule has 2 aromatic rings. The molecule has 0 amide bonds. The number of nitrogens with zero attached hydrogens (tertiary/aromatic N) is 2. The van der Waals surface area contributed by atoms with Crippen LogP contribution in [0.5, 0.6) is 5.75 Å². The molecule has 23 heavy (non-hydrogen) atoms. The summed E-state index contributed by atoms with van der Waals surface area (Å²) in [6.45, 7) is 1.81. The molecule has 0 heterocycles. The van der Waals surface area contributed by atoms with Crippen LogP contribution in [0.2, 0.25) is 0 Å². The van der Waals surface area contributed by atoms with E-state index in [9.17, 15) is 0 Å². The van der Waals surface area contributed by atoms with E-state index < -0.39 is 0 Å². The highest BCUT2D eigenvalue weighted by Gasteiger charge is 2.00. The van der Waals surface area contributed by atoms with Crippen LogP contribution in [0.4, 0.5) is 5.69 Å². The number of ether oxygens (including phenoxy) is 1. The third kappa shape index (κ3) is 5.46. The summed E-state index contributed by atoms with van der Waals surface area (Å²) >= 11 is 0. The third-order valence-corrected chi connectivity index (χ3v) is 3.72. The number of methoxy groups -OCH3 is 1. The van der Waals surface area contributed by atoms with E-state index in [1.165, 1.54) is 16.8 Å². The summed E-state index contributed by atoms with van der Waals surface area (Å²) in [5.41, 5.74) is 3.71. The van der Waals surface area contributed by atoms with Gasteiger partial charge in [-0.15, -0.1) is 0 Å². The molecule has 2 aromatic carbocycles. The average molecular weight is 310 g/mol. The molecule has 3 nitrogen and oxygen atoms in total. The van der Waals surface area contributed by atoms with Crippen molar-refractivity contribution in [2.24, 2.45) is 0 Å². The molecule has 0 atom stereocenters. The maximum atomic E-state index is 5.27. The monoisotopic (exact) mass is 310 g/mol. The number of benzene rings is 2. The van der Waals surface area contributed by atoms with Gasteiger partial charge < -0.3 is 9.64 Å². The van der Waals surface area contributed by atoms with E-state index in [-0.39, 0.29) is 0 Å². The van der Waals surface area contributed by atoms with Gasteiger partial charge in [-0.3, -0.25) is 4.90 Å². The molecule has 0 aliphatic rings. The summed E-state index contributed by atoms with van der Waals surface area (Å²) in [6.07, 6.45) is 4.37. The van der Waals surface area contributed by atoms with Gasteiger partial charge in [-0.25, -0.2) is 0 Å². The van der Waals surface area contributed by atoms with Gasteiger partial charge in [0.05, 0.1) is 7.11 Å². The Labute approximate surface area is 139 Å². The van der Waals surface area contributed by atoms with E-state index in [2.05, 4.69) is 79.5 Å². The van der Waals surface area contributed by atoms with Crippen molar-refractivity contribution in [2.45, 2.75) is 6.54 Å². The minimum absolute atomic E-state index is 0.904. The predicted octanol–water partition coefficient (Wildman–Crippen LogP) is 3.91. The highest BCUT2D eigenvalue weighted by atomic mass is 16.5. The Hall–Kier alpha value is -2.26. The molecule has 0 spiro atoms. The number of anilines is 1. The summed E-state index contributed by atoms with van der Waals surface area (Å²) in [5.74, 6) is 0.910. The average Bonchev–Trinajstić information content (AvgIpc) is 2.55. The van der Waals surface area contributed by atoms with Crippen LogP contribution in [-0.2, 0) is 6.54 Å². The lowest BCUT2D eigenvalue weighted by Crippen LogP contribution is -2.17. The summed E-state index contributed by atoms with van der Waals surface area (Å²) in [6, 6.07) is 16.8. The molecule has 122 valence electrons. The van der Waals surface area contributed by atoms with Crippen molar-refractivity contribution in [1.82, 2.24) is 4.90 Å². The molecule has 0 fully saturated rings. The van der Waals surface area contributed by atoms with Crippen molar-refractivity contribution in [3.8, 4) is 5.75 Å². The van der Waals surface area contributed by atoms with Gasteiger partial charge in [0.15, 0.2) is 0 Å². The van der Waals surface area contributed by atoms with Gasteiger partial charge in [-0.2, -0.15) is 0 Å². The van der Waals surface area contributed by atoms with Crippen molar-refractivity contribution >= 4 is 11.8 Å². The van der Waals surface area contributed by atoms with Gasteiger partial charge in [0, 0.05) is 32.9 Å². The molecule has 0 bridgehead atoms. The van der Waals surface area contributed by atoms with Crippen molar-refractivity contribution in [1.29, 1.82) is 0 Å². The molecular weight excluding hydrogens is 284 g/mol. The first-order chi connectivity index (χ1) is 11.1. The first-order valence-electron chi connectivity index (χ1n) is 7.84. The lowest BCUT2D eigenvalue weighted by Gasteiger charge is -2.15. The van der Waals surface area contributed by atoms with Crippen LogP contribution in [0, 0.1) is 0 Å². The Morgan fingerprint density at radius 1 is 1.00 bits per heavy atom. The largest absolute Gasteiger partial charge is 0.497 e. The molecule has 0 radical (unpaired) electrons. The Morgan fingerprint density at radius 3 is 2.39 bits per heavy atom. The molecule has 0 saturated carbocycles. The van der Waals surface area contributed by atoms with Gasteiger partial charge in [-0.05, 0) is 42.4 Å². The Bertz CT molecular complexity index is 632. The smallest absolute Gasteiger partial charge is 0.119 e. The van der Waals surface area contributed by atoms with Crippen LogP contribution in [0.25, 0.3) is 6.08 Å². The molecule has 3 heteroatoms. The molecule has 0 aromatic heterocycles. The van der Waals surface area contributed by atoms with Crippen LogP contribution in [0.3, 0.4) is 0 Å². The van der Waals surface area contributed by atoms with E-state index in [1.54, 1.807) is 7.11 Å². The minimum atomic E-state index is 0.904. The second-order valence-electron chi connectivity index (χ2n) is 5.94. The second kappa shape index (κ2) is 8.39. The zero-order chi connectivity index (χ0) is 16.7. The lowest BCUT2D eigenvalue weighted by atomic mass is 10.2. The zero-order valence-corrected chi connectivity index (χ0v) is 14.5. The fourth-order valence-electron chi connectivity index (χ4n) is 2.40. The van der Waals surface area contributed by atoms with E-state index >= 15 is 0 Å². The van der Waals surface area contributed by atoms with E-state index in [4.69, 9.17) is 4.74 Å². The van der Waals surface area contributed by atoms with Crippen LogP contribution in [0.15, 0.2) is 54.6 Å². The van der Waals surface area contributed by atoms with Gasteiger partial charge >= 0.3 is 0 Å². The molecule has 0 unspecified atom stereocenters. The summed E-state index contributed by atoms with van der Waals surface area (Å²) < 4.78 is 5.27. The van der Waals surface area contributed by atoms with Crippen molar-refractivity contribution in [3.05, 3.63) is 65.7 Å². The standard InChI is InChI=1S/C20H26N2O/c1-21(2)19-12-10-17(11-13-19)8-6-14-22(3)16-18-7-5-9-20(15-18)23-4/h5-13,15H,14,16H2,1-4H3/b8-6+. The number of hydrogen-bond donors (Lipinski definition) is 0. The van der Waals surface area contributed by atoms with Crippen molar-refractivity contribution in [2.75, 3.05) is 39.7 Å². The molecule has 0 aliphatic heterocycles. The van der Waals surface area contributed by atoms with Crippen LogP contribution in [0.1, 0.15) is 11.1 Å².